The number of hydrogen-bond donors (Lipinski definition) is 2. The van der Waals surface area contributed by atoms with E-state index < -0.39 is 0 Å². The van der Waals surface area contributed by atoms with Gasteiger partial charge in [-0.1, -0.05) is 30.7 Å². The molecule has 1 fully saturated rings. The number of aliphatic imine (C=N–C) groups is 1. The Morgan fingerprint density at radius 3 is 2.76 bits per heavy atom. The SMILES string of the molecule is CCc1nncn1CCNC(=NC)NCC(c1cccc(Cl)c1)N1CCCC1.I. The highest BCUT2D eigenvalue weighted by molar-refractivity contribution is 14.0. The van der Waals surface area contributed by atoms with E-state index in [1.165, 1.54) is 18.4 Å². The van der Waals surface area contributed by atoms with E-state index >= 15 is 0 Å². The zero-order valence-corrected chi connectivity index (χ0v) is 20.2. The van der Waals surface area contributed by atoms with Crippen LogP contribution in [-0.4, -0.2) is 58.9 Å². The lowest BCUT2D eigenvalue weighted by atomic mass is 10.1. The molecule has 0 amide bonds. The molecule has 2 heterocycles. The number of likely N-dealkylation sites (tertiary alicyclic amines) is 1. The third kappa shape index (κ3) is 6.82. The molecule has 160 valence electrons. The lowest BCUT2D eigenvalue weighted by Gasteiger charge is -2.29. The summed E-state index contributed by atoms with van der Waals surface area (Å²) in [6, 6.07) is 8.46. The normalized spacial score (nSPS) is 15.8. The molecule has 0 bridgehead atoms. The van der Waals surface area contributed by atoms with Crippen molar-refractivity contribution >= 4 is 41.5 Å². The van der Waals surface area contributed by atoms with Crippen molar-refractivity contribution in [2.75, 3.05) is 33.2 Å². The topological polar surface area (TPSA) is 70.4 Å². The fourth-order valence-electron chi connectivity index (χ4n) is 3.67. The van der Waals surface area contributed by atoms with E-state index in [-0.39, 0.29) is 30.0 Å². The Hall–Kier alpha value is -1.39. The Bertz CT molecular complexity index is 774. The first-order chi connectivity index (χ1) is 13.7. The molecule has 7 nitrogen and oxygen atoms in total. The van der Waals surface area contributed by atoms with Gasteiger partial charge in [-0.2, -0.15) is 0 Å². The number of rotatable bonds is 8. The van der Waals surface area contributed by atoms with Gasteiger partial charge >= 0.3 is 0 Å². The van der Waals surface area contributed by atoms with E-state index in [1.54, 1.807) is 13.4 Å². The molecule has 0 spiro atoms. The van der Waals surface area contributed by atoms with Crippen LogP contribution in [0.2, 0.25) is 5.02 Å². The first-order valence-corrected chi connectivity index (χ1v) is 10.4. The minimum atomic E-state index is 0. The Labute approximate surface area is 195 Å². The molecule has 0 radical (unpaired) electrons. The number of aromatic nitrogens is 3. The third-order valence-electron chi connectivity index (χ3n) is 5.16. The van der Waals surface area contributed by atoms with Crippen molar-refractivity contribution in [2.24, 2.45) is 4.99 Å². The van der Waals surface area contributed by atoms with Gasteiger partial charge in [-0.3, -0.25) is 9.89 Å². The van der Waals surface area contributed by atoms with Crippen LogP contribution in [0.25, 0.3) is 0 Å². The van der Waals surface area contributed by atoms with Crippen LogP contribution in [0.1, 0.15) is 37.2 Å². The highest BCUT2D eigenvalue weighted by Gasteiger charge is 2.23. The Kier molecular flexibility index (Phi) is 10.2. The highest BCUT2D eigenvalue weighted by atomic mass is 127. The van der Waals surface area contributed by atoms with Gasteiger partial charge in [0.25, 0.3) is 0 Å². The molecular formula is C20H31ClIN7. The predicted molar refractivity (Wildman–Crippen MR) is 129 cm³/mol. The van der Waals surface area contributed by atoms with Gasteiger partial charge in [-0.05, 0) is 43.6 Å². The maximum atomic E-state index is 6.24. The maximum Gasteiger partial charge on any atom is 0.191 e. The summed E-state index contributed by atoms with van der Waals surface area (Å²) in [6.07, 6.45) is 5.16. The molecule has 0 saturated carbocycles. The van der Waals surface area contributed by atoms with Gasteiger partial charge in [0.2, 0.25) is 0 Å². The van der Waals surface area contributed by atoms with Crippen LogP contribution in [0, 0.1) is 0 Å². The third-order valence-corrected chi connectivity index (χ3v) is 5.39. The summed E-state index contributed by atoms with van der Waals surface area (Å²) in [6.45, 7) is 6.68. The molecule has 9 heteroatoms. The first-order valence-electron chi connectivity index (χ1n) is 10.0. The fraction of sp³-hybridized carbons (Fsp3) is 0.550. The lowest BCUT2D eigenvalue weighted by molar-refractivity contribution is 0.245. The highest BCUT2D eigenvalue weighted by Crippen LogP contribution is 2.26. The molecule has 2 N–H and O–H groups in total. The largest absolute Gasteiger partial charge is 0.355 e. The lowest BCUT2D eigenvalue weighted by Crippen LogP contribution is -2.43. The molecule has 1 aliphatic heterocycles. The van der Waals surface area contributed by atoms with Gasteiger partial charge in [0.1, 0.15) is 12.2 Å². The number of aryl methyl sites for hydroxylation is 1. The van der Waals surface area contributed by atoms with Gasteiger partial charge < -0.3 is 15.2 Å². The average Bonchev–Trinajstić information content (AvgIpc) is 3.39. The summed E-state index contributed by atoms with van der Waals surface area (Å²) in [5.74, 6) is 1.80. The summed E-state index contributed by atoms with van der Waals surface area (Å²) >= 11 is 6.24. The van der Waals surface area contributed by atoms with Crippen LogP contribution in [0.3, 0.4) is 0 Å². The van der Waals surface area contributed by atoms with Crippen molar-refractivity contribution in [1.82, 2.24) is 30.3 Å². The van der Waals surface area contributed by atoms with E-state index in [0.29, 0.717) is 0 Å². The Balaban J connectivity index is 0.00000300. The number of halogens is 2. The minimum Gasteiger partial charge on any atom is -0.355 e. The van der Waals surface area contributed by atoms with E-state index in [1.807, 2.05) is 12.1 Å². The van der Waals surface area contributed by atoms with Crippen LogP contribution in [0.4, 0.5) is 0 Å². The van der Waals surface area contributed by atoms with E-state index in [4.69, 9.17) is 11.6 Å². The van der Waals surface area contributed by atoms with Crippen molar-refractivity contribution in [2.45, 2.75) is 38.8 Å². The molecule has 2 aromatic rings. The maximum absolute atomic E-state index is 6.24. The molecule has 1 saturated heterocycles. The number of benzene rings is 1. The number of hydrogen-bond acceptors (Lipinski definition) is 4. The number of nitrogens with one attached hydrogen (secondary N) is 2. The molecule has 0 aliphatic carbocycles. The standard InChI is InChI=1S/C20H30ClN7.HI/c1-3-19-26-25-15-28(19)12-9-23-20(22-2)24-14-18(27-10-4-5-11-27)16-7-6-8-17(21)13-16;/h6-8,13,15,18H,3-5,9-12,14H2,1-2H3,(H2,22,23,24);1H. The van der Waals surface area contributed by atoms with Gasteiger partial charge in [0.05, 0.1) is 6.04 Å². The molecule has 1 aromatic heterocycles. The quantitative estimate of drug-likeness (QED) is 0.311. The summed E-state index contributed by atoms with van der Waals surface area (Å²) < 4.78 is 2.07. The van der Waals surface area contributed by atoms with Gasteiger partial charge in [0, 0.05) is 38.1 Å². The summed E-state index contributed by atoms with van der Waals surface area (Å²) in [4.78, 5) is 6.89. The molecule has 1 atom stereocenters. The van der Waals surface area contributed by atoms with Crippen LogP contribution >= 0.6 is 35.6 Å². The molecular weight excluding hydrogens is 501 g/mol. The Morgan fingerprint density at radius 2 is 2.07 bits per heavy atom. The molecule has 1 aliphatic rings. The molecule has 1 aromatic carbocycles. The molecule has 3 rings (SSSR count). The zero-order chi connectivity index (χ0) is 19.8. The van der Waals surface area contributed by atoms with Crippen molar-refractivity contribution in [3.63, 3.8) is 0 Å². The van der Waals surface area contributed by atoms with Crippen molar-refractivity contribution in [3.8, 4) is 0 Å². The second kappa shape index (κ2) is 12.3. The van der Waals surface area contributed by atoms with Gasteiger partial charge in [0.15, 0.2) is 5.96 Å². The van der Waals surface area contributed by atoms with E-state index in [2.05, 4.69) is 54.3 Å². The number of nitrogens with zero attached hydrogens (tertiary/aromatic N) is 5. The Morgan fingerprint density at radius 1 is 1.28 bits per heavy atom. The summed E-state index contributed by atoms with van der Waals surface area (Å²) in [5.41, 5.74) is 1.24. The predicted octanol–water partition coefficient (Wildman–Crippen LogP) is 3.11. The fourth-order valence-corrected chi connectivity index (χ4v) is 3.87. The van der Waals surface area contributed by atoms with Crippen LogP contribution in [0.15, 0.2) is 35.6 Å². The van der Waals surface area contributed by atoms with Crippen molar-refractivity contribution in [1.29, 1.82) is 0 Å². The van der Waals surface area contributed by atoms with Crippen LogP contribution in [0.5, 0.6) is 0 Å². The van der Waals surface area contributed by atoms with E-state index in [9.17, 15) is 0 Å². The zero-order valence-electron chi connectivity index (χ0n) is 17.1. The smallest absolute Gasteiger partial charge is 0.191 e. The van der Waals surface area contributed by atoms with Crippen LogP contribution in [-0.2, 0) is 13.0 Å². The average molecular weight is 532 g/mol. The second-order valence-corrected chi connectivity index (χ2v) is 7.42. The second-order valence-electron chi connectivity index (χ2n) is 6.99. The van der Waals surface area contributed by atoms with Crippen LogP contribution < -0.4 is 10.6 Å². The first kappa shape index (κ1) is 23.9. The molecule has 29 heavy (non-hydrogen) atoms. The van der Waals surface area contributed by atoms with Gasteiger partial charge in [-0.15, -0.1) is 34.2 Å². The molecule has 1 unspecified atom stereocenters. The van der Waals surface area contributed by atoms with E-state index in [0.717, 1.165) is 56.0 Å². The minimum absolute atomic E-state index is 0. The summed E-state index contributed by atoms with van der Waals surface area (Å²) in [5, 5.41) is 15.8. The van der Waals surface area contributed by atoms with Crippen molar-refractivity contribution in [3.05, 3.63) is 47.0 Å². The monoisotopic (exact) mass is 531 g/mol. The van der Waals surface area contributed by atoms with Gasteiger partial charge in [-0.25, -0.2) is 0 Å². The number of guanidine groups is 1. The van der Waals surface area contributed by atoms with Crippen molar-refractivity contribution < 1.29 is 0 Å². The summed E-state index contributed by atoms with van der Waals surface area (Å²) in [7, 11) is 1.80.